The van der Waals surface area contributed by atoms with Crippen LogP contribution in [0.2, 0.25) is 0 Å². The van der Waals surface area contributed by atoms with Gasteiger partial charge in [-0.05, 0) is 0 Å². The number of hydrogen-bond acceptors (Lipinski definition) is 3. The van der Waals surface area contributed by atoms with Crippen LogP contribution < -0.4 is 4.46 Å². The van der Waals surface area contributed by atoms with E-state index in [4.69, 9.17) is 0 Å². The van der Waals surface area contributed by atoms with Crippen LogP contribution in [0.3, 0.4) is 0 Å². The number of rotatable bonds is 7. The first-order chi connectivity index (χ1) is 11.1. The standard InChI is InChI=1S/C18H20O3SSe/c1-2-3-6-15-18(23(21)17-13-9-5-10-14-17)22(19,20)16-11-7-4-8-12-16/h4-5,7-15H,2-3,6H2,1H3/b18-15-. The van der Waals surface area contributed by atoms with Crippen LogP contribution in [-0.2, 0) is 13.7 Å². The summed E-state index contributed by atoms with van der Waals surface area (Å²) in [4.78, 5) is 0.197. The van der Waals surface area contributed by atoms with E-state index in [0.29, 0.717) is 10.9 Å². The normalized spacial score (nSPS) is 13.7. The molecule has 0 aromatic heterocycles. The molecular weight excluding hydrogens is 375 g/mol. The molecule has 0 aliphatic heterocycles. The third-order valence-corrected chi connectivity index (χ3v) is 9.67. The molecule has 0 saturated heterocycles. The quantitative estimate of drug-likeness (QED) is 0.533. The number of hydrogen-bond donors (Lipinski definition) is 0. The Balaban J connectivity index is 2.47. The van der Waals surface area contributed by atoms with Crippen molar-refractivity contribution in [1.82, 2.24) is 0 Å². The van der Waals surface area contributed by atoms with E-state index in [-0.39, 0.29) is 8.70 Å². The van der Waals surface area contributed by atoms with Gasteiger partial charge in [0.2, 0.25) is 0 Å². The molecule has 0 radical (unpaired) electrons. The molecule has 0 aliphatic carbocycles. The molecule has 0 amide bonds. The van der Waals surface area contributed by atoms with Crippen LogP contribution in [0.1, 0.15) is 26.2 Å². The minimum atomic E-state index is -3.72. The molecule has 122 valence electrons. The van der Waals surface area contributed by atoms with E-state index < -0.39 is 23.7 Å². The van der Waals surface area contributed by atoms with Gasteiger partial charge in [0.1, 0.15) is 0 Å². The van der Waals surface area contributed by atoms with Crippen molar-refractivity contribution < 1.29 is 12.3 Å². The van der Waals surface area contributed by atoms with E-state index in [1.54, 1.807) is 60.7 Å². The topological polar surface area (TPSA) is 51.2 Å². The van der Waals surface area contributed by atoms with Crippen LogP contribution in [0.5, 0.6) is 0 Å². The zero-order valence-corrected chi connectivity index (χ0v) is 15.5. The predicted octanol–water partition coefficient (Wildman–Crippen LogP) is 3.40. The van der Waals surface area contributed by atoms with Gasteiger partial charge in [-0.2, -0.15) is 0 Å². The first-order valence-electron chi connectivity index (χ1n) is 7.54. The summed E-state index contributed by atoms with van der Waals surface area (Å²) < 4.78 is 39.4. The molecule has 0 heterocycles. The SMILES string of the molecule is CCCC/C=C(\[Se](=O)c1ccccc1)S(=O)(=O)c1ccccc1. The Labute approximate surface area is 142 Å². The summed E-state index contributed by atoms with van der Waals surface area (Å²) in [7, 11) is -3.72. The van der Waals surface area contributed by atoms with Gasteiger partial charge in [0.15, 0.2) is 0 Å². The Kier molecular flexibility index (Phi) is 6.46. The molecule has 0 bridgehead atoms. The predicted molar refractivity (Wildman–Crippen MR) is 93.8 cm³/mol. The Bertz CT molecular complexity index is 782. The Hall–Kier alpha value is -1.55. The summed E-state index contributed by atoms with van der Waals surface area (Å²) in [6, 6.07) is 17.1. The van der Waals surface area contributed by atoms with E-state index in [1.807, 2.05) is 13.0 Å². The second kappa shape index (κ2) is 8.34. The maximum atomic E-state index is 12.9. The molecule has 23 heavy (non-hydrogen) atoms. The van der Waals surface area contributed by atoms with Crippen LogP contribution in [0.4, 0.5) is 0 Å². The molecule has 2 rings (SSSR count). The third kappa shape index (κ3) is 4.47. The summed E-state index contributed by atoms with van der Waals surface area (Å²) in [6.07, 6.45) is 4.11. The molecule has 1 unspecified atom stereocenters. The van der Waals surface area contributed by atoms with Gasteiger partial charge in [0.05, 0.1) is 0 Å². The fourth-order valence-electron chi connectivity index (χ4n) is 2.09. The van der Waals surface area contributed by atoms with Gasteiger partial charge in [-0.1, -0.05) is 0 Å². The van der Waals surface area contributed by atoms with Crippen LogP contribution in [0.25, 0.3) is 0 Å². The van der Waals surface area contributed by atoms with E-state index in [2.05, 4.69) is 0 Å². The fourth-order valence-corrected chi connectivity index (χ4v) is 7.63. The third-order valence-electron chi connectivity index (χ3n) is 3.33. The van der Waals surface area contributed by atoms with Gasteiger partial charge in [-0.3, -0.25) is 0 Å². The van der Waals surface area contributed by atoms with Gasteiger partial charge in [0, 0.05) is 0 Å². The molecule has 0 spiro atoms. The molecule has 0 saturated carbocycles. The summed E-state index contributed by atoms with van der Waals surface area (Å²) in [5.74, 6) is 0. The van der Waals surface area contributed by atoms with E-state index in [9.17, 15) is 12.3 Å². The Morgan fingerprint density at radius 2 is 1.57 bits per heavy atom. The fraction of sp³-hybridized carbons (Fsp3) is 0.222. The van der Waals surface area contributed by atoms with Gasteiger partial charge < -0.3 is 0 Å². The van der Waals surface area contributed by atoms with Crippen LogP contribution >= 0.6 is 0 Å². The molecule has 0 fully saturated rings. The number of unbranched alkanes of at least 4 members (excludes halogenated alkanes) is 2. The zero-order valence-electron chi connectivity index (χ0n) is 13.0. The Morgan fingerprint density at radius 3 is 2.13 bits per heavy atom. The van der Waals surface area contributed by atoms with Crippen molar-refractivity contribution in [3.8, 4) is 0 Å². The average Bonchev–Trinajstić information content (AvgIpc) is 2.59. The van der Waals surface area contributed by atoms with E-state index >= 15 is 0 Å². The second-order valence-electron chi connectivity index (χ2n) is 5.06. The molecular formula is C18H20O3SSe. The molecule has 3 nitrogen and oxygen atoms in total. The number of sulfone groups is 1. The van der Waals surface area contributed by atoms with Crippen molar-refractivity contribution in [1.29, 1.82) is 0 Å². The summed E-state index contributed by atoms with van der Waals surface area (Å²) in [5, 5.41) is 0. The molecule has 0 aliphatic rings. The van der Waals surface area contributed by atoms with Crippen molar-refractivity contribution in [2.24, 2.45) is 0 Å². The van der Waals surface area contributed by atoms with E-state index in [0.717, 1.165) is 12.8 Å². The molecule has 2 aromatic carbocycles. The van der Waals surface area contributed by atoms with Gasteiger partial charge in [0.25, 0.3) is 0 Å². The number of allylic oxidation sites excluding steroid dienone is 1. The average molecular weight is 395 g/mol. The van der Waals surface area contributed by atoms with Crippen LogP contribution in [-0.4, -0.2) is 22.3 Å². The van der Waals surface area contributed by atoms with Gasteiger partial charge >= 0.3 is 142 Å². The first-order valence-corrected chi connectivity index (χ1v) is 11.4. The molecule has 2 aromatic rings. The summed E-state index contributed by atoms with van der Waals surface area (Å²) >= 11 is -2.83. The number of benzene rings is 2. The van der Waals surface area contributed by atoms with Gasteiger partial charge in [-0.25, -0.2) is 0 Å². The minimum absolute atomic E-state index is 0.0725. The van der Waals surface area contributed by atoms with Crippen molar-refractivity contribution in [2.45, 2.75) is 31.1 Å². The second-order valence-corrected chi connectivity index (χ2v) is 10.6. The van der Waals surface area contributed by atoms with Crippen molar-refractivity contribution in [3.63, 3.8) is 0 Å². The molecule has 1 atom stereocenters. The van der Waals surface area contributed by atoms with Crippen LogP contribution in [0, 0.1) is 0 Å². The van der Waals surface area contributed by atoms with Crippen molar-refractivity contribution in [3.05, 3.63) is 70.5 Å². The zero-order chi connectivity index (χ0) is 16.7. The summed E-state index contributed by atoms with van der Waals surface area (Å²) in [6.45, 7) is 2.04. The first kappa shape index (κ1) is 17.8. The van der Waals surface area contributed by atoms with Crippen molar-refractivity contribution >= 4 is 28.1 Å². The monoisotopic (exact) mass is 396 g/mol. The maximum absolute atomic E-state index is 12.9. The summed E-state index contributed by atoms with van der Waals surface area (Å²) in [5.41, 5.74) is 0. The molecule has 0 N–H and O–H groups in total. The van der Waals surface area contributed by atoms with Crippen molar-refractivity contribution in [2.75, 3.05) is 0 Å². The van der Waals surface area contributed by atoms with Gasteiger partial charge in [-0.15, -0.1) is 0 Å². The molecule has 5 heteroatoms. The van der Waals surface area contributed by atoms with E-state index in [1.165, 1.54) is 0 Å². The van der Waals surface area contributed by atoms with Crippen LogP contribution in [0.15, 0.2) is 75.4 Å². The Morgan fingerprint density at radius 1 is 1.00 bits per heavy atom.